The molecule has 1 heterocycles. The van der Waals surface area contributed by atoms with E-state index in [1.165, 1.54) is 0 Å². The van der Waals surface area contributed by atoms with Gasteiger partial charge in [0.05, 0.1) is 0 Å². The van der Waals surface area contributed by atoms with Crippen molar-refractivity contribution in [3.8, 4) is 0 Å². The maximum atomic E-state index is 11.8. The number of amides is 2. The lowest BCUT2D eigenvalue weighted by molar-refractivity contribution is -0.117. The molecule has 0 aromatic heterocycles. The average Bonchev–Trinajstić information content (AvgIpc) is 2.45. The van der Waals surface area contributed by atoms with Gasteiger partial charge in [0, 0.05) is 24.2 Å². The largest absolute Gasteiger partial charge is 0.330 e. The number of fused-ring (bicyclic) bond motifs is 1. The van der Waals surface area contributed by atoms with E-state index in [9.17, 15) is 9.59 Å². The van der Waals surface area contributed by atoms with Gasteiger partial charge in [-0.3, -0.25) is 9.59 Å². The summed E-state index contributed by atoms with van der Waals surface area (Å²) < 4.78 is 0. The second-order valence-corrected chi connectivity index (χ2v) is 5.35. The van der Waals surface area contributed by atoms with E-state index < -0.39 is 0 Å². The number of rotatable bonds is 5. The van der Waals surface area contributed by atoms with Crippen LogP contribution in [0.5, 0.6) is 0 Å². The van der Waals surface area contributed by atoms with Gasteiger partial charge in [0.2, 0.25) is 11.8 Å². The Kier molecular flexibility index (Phi) is 4.74. The first kappa shape index (κ1) is 14.5. The minimum absolute atomic E-state index is 0.00472. The molecule has 5 heteroatoms. The molecule has 1 aromatic rings. The average molecular weight is 275 g/mol. The number of hydrogen-bond donors (Lipinski definition) is 3. The fourth-order valence-electron chi connectivity index (χ4n) is 2.18. The molecule has 108 valence electrons. The smallest absolute Gasteiger partial charge is 0.224 e. The number of hydrogen-bond acceptors (Lipinski definition) is 3. The van der Waals surface area contributed by atoms with Crippen LogP contribution >= 0.6 is 0 Å². The fraction of sp³-hybridized carbons (Fsp3) is 0.467. The van der Waals surface area contributed by atoms with E-state index in [2.05, 4.69) is 10.6 Å². The van der Waals surface area contributed by atoms with Crippen LogP contribution in [0.15, 0.2) is 18.2 Å². The number of nitrogens with one attached hydrogen (secondary N) is 2. The Labute approximate surface area is 118 Å². The van der Waals surface area contributed by atoms with Crippen molar-refractivity contribution in [2.24, 2.45) is 11.7 Å². The summed E-state index contributed by atoms with van der Waals surface area (Å²) in [4.78, 5) is 23.1. The van der Waals surface area contributed by atoms with E-state index in [4.69, 9.17) is 5.73 Å². The number of benzene rings is 1. The van der Waals surface area contributed by atoms with Gasteiger partial charge in [0.15, 0.2) is 0 Å². The summed E-state index contributed by atoms with van der Waals surface area (Å²) in [6.45, 7) is 2.64. The Hall–Kier alpha value is -1.88. The van der Waals surface area contributed by atoms with Gasteiger partial charge >= 0.3 is 0 Å². The number of carbonyl (C=O) groups excluding carboxylic acids is 2. The minimum Gasteiger partial charge on any atom is -0.330 e. The van der Waals surface area contributed by atoms with Crippen molar-refractivity contribution >= 4 is 23.2 Å². The van der Waals surface area contributed by atoms with Gasteiger partial charge < -0.3 is 16.4 Å². The number of nitrogens with two attached hydrogens (primary N) is 1. The van der Waals surface area contributed by atoms with Crippen LogP contribution in [-0.4, -0.2) is 18.4 Å². The third-order valence-electron chi connectivity index (χ3n) is 3.55. The number of anilines is 2. The summed E-state index contributed by atoms with van der Waals surface area (Å²) >= 11 is 0. The minimum atomic E-state index is 0.00472. The summed E-state index contributed by atoms with van der Waals surface area (Å²) in [6.07, 6.45) is 2.49. The first-order valence-electron chi connectivity index (χ1n) is 7.01. The van der Waals surface area contributed by atoms with Gasteiger partial charge in [-0.05, 0) is 49.1 Å². The van der Waals surface area contributed by atoms with Crippen molar-refractivity contribution in [1.29, 1.82) is 0 Å². The van der Waals surface area contributed by atoms with Gasteiger partial charge in [0.1, 0.15) is 0 Å². The van der Waals surface area contributed by atoms with Crippen molar-refractivity contribution in [1.82, 2.24) is 0 Å². The zero-order chi connectivity index (χ0) is 14.5. The first-order valence-corrected chi connectivity index (χ1v) is 7.01. The molecule has 20 heavy (non-hydrogen) atoms. The molecule has 0 aliphatic carbocycles. The van der Waals surface area contributed by atoms with E-state index >= 15 is 0 Å². The van der Waals surface area contributed by atoms with Crippen LogP contribution in [0.3, 0.4) is 0 Å². The highest BCUT2D eigenvalue weighted by atomic mass is 16.2. The zero-order valence-corrected chi connectivity index (χ0v) is 11.7. The van der Waals surface area contributed by atoms with Crippen molar-refractivity contribution in [3.63, 3.8) is 0 Å². The highest BCUT2D eigenvalue weighted by Gasteiger charge is 2.15. The van der Waals surface area contributed by atoms with E-state index in [0.29, 0.717) is 25.3 Å². The van der Waals surface area contributed by atoms with Crippen molar-refractivity contribution in [2.45, 2.75) is 32.6 Å². The van der Waals surface area contributed by atoms with E-state index in [0.717, 1.165) is 29.8 Å². The highest BCUT2D eigenvalue weighted by Crippen LogP contribution is 2.25. The summed E-state index contributed by atoms with van der Waals surface area (Å²) in [6, 6.07) is 5.58. The third-order valence-corrected chi connectivity index (χ3v) is 3.55. The first-order chi connectivity index (χ1) is 9.58. The van der Waals surface area contributed by atoms with E-state index in [1.54, 1.807) is 0 Å². The lowest BCUT2D eigenvalue weighted by atomic mass is 10.0. The highest BCUT2D eigenvalue weighted by molar-refractivity contribution is 5.95. The van der Waals surface area contributed by atoms with Gasteiger partial charge in [-0.25, -0.2) is 0 Å². The van der Waals surface area contributed by atoms with Crippen molar-refractivity contribution in [2.75, 3.05) is 17.2 Å². The van der Waals surface area contributed by atoms with Crippen LogP contribution in [-0.2, 0) is 16.0 Å². The van der Waals surface area contributed by atoms with Crippen LogP contribution in [0, 0.1) is 5.92 Å². The normalized spacial score (nSPS) is 15.2. The maximum absolute atomic E-state index is 11.8. The predicted octanol–water partition coefficient (Wildman–Crippen LogP) is 1.88. The van der Waals surface area contributed by atoms with Gasteiger partial charge in [-0.2, -0.15) is 0 Å². The predicted molar refractivity (Wildman–Crippen MR) is 79.5 cm³/mol. The van der Waals surface area contributed by atoms with E-state index in [-0.39, 0.29) is 11.8 Å². The van der Waals surface area contributed by atoms with Crippen LogP contribution in [0.4, 0.5) is 11.4 Å². The van der Waals surface area contributed by atoms with Crippen LogP contribution in [0.25, 0.3) is 0 Å². The molecule has 2 amide bonds. The Balaban J connectivity index is 1.93. The van der Waals surface area contributed by atoms with E-state index in [1.807, 2.05) is 25.1 Å². The van der Waals surface area contributed by atoms with Crippen molar-refractivity contribution < 1.29 is 9.59 Å². The number of aryl methyl sites for hydroxylation is 1. The second kappa shape index (κ2) is 6.52. The molecule has 0 saturated heterocycles. The molecule has 1 unspecified atom stereocenters. The van der Waals surface area contributed by atoms with Crippen molar-refractivity contribution in [3.05, 3.63) is 23.8 Å². The molecule has 1 aliphatic heterocycles. The van der Waals surface area contributed by atoms with Gasteiger partial charge in [0.25, 0.3) is 0 Å². The van der Waals surface area contributed by atoms with Crippen LogP contribution in [0.2, 0.25) is 0 Å². The van der Waals surface area contributed by atoms with Gasteiger partial charge in [-0.15, -0.1) is 0 Å². The maximum Gasteiger partial charge on any atom is 0.224 e. The molecule has 1 aliphatic rings. The van der Waals surface area contributed by atoms with Gasteiger partial charge in [-0.1, -0.05) is 6.92 Å². The molecule has 1 aromatic carbocycles. The Morgan fingerprint density at radius 3 is 3.00 bits per heavy atom. The molecule has 0 fully saturated rings. The summed E-state index contributed by atoms with van der Waals surface area (Å²) in [7, 11) is 0. The zero-order valence-electron chi connectivity index (χ0n) is 11.7. The molecule has 5 nitrogen and oxygen atoms in total. The van der Waals surface area contributed by atoms with Crippen LogP contribution in [0.1, 0.15) is 31.7 Å². The summed E-state index contributed by atoms with van der Waals surface area (Å²) in [5.74, 6) is 0.412. The molecular weight excluding hydrogens is 254 g/mol. The Morgan fingerprint density at radius 1 is 1.45 bits per heavy atom. The molecule has 4 N–H and O–H groups in total. The van der Waals surface area contributed by atoms with Crippen LogP contribution < -0.4 is 16.4 Å². The summed E-state index contributed by atoms with van der Waals surface area (Å²) in [5.41, 5.74) is 8.23. The molecule has 0 spiro atoms. The molecule has 0 bridgehead atoms. The Bertz CT molecular complexity index is 514. The summed E-state index contributed by atoms with van der Waals surface area (Å²) in [5, 5.41) is 5.71. The fourth-order valence-corrected chi connectivity index (χ4v) is 2.18. The second-order valence-electron chi connectivity index (χ2n) is 5.35. The molecule has 0 saturated carbocycles. The quantitative estimate of drug-likeness (QED) is 0.767. The monoisotopic (exact) mass is 275 g/mol. The number of carbonyl (C=O) groups is 2. The Morgan fingerprint density at radius 2 is 2.25 bits per heavy atom. The molecular formula is C15H21N3O2. The molecule has 1 atom stereocenters. The molecule has 2 rings (SSSR count). The molecule has 0 radical (unpaired) electrons. The SMILES string of the molecule is CC(CN)CCC(=O)Nc1ccc2c(c1)CCC(=O)N2. The standard InChI is InChI=1S/C15H21N3O2/c1-10(9-16)2-6-14(19)17-12-4-5-13-11(8-12)3-7-15(20)18-13/h4-5,8,10H,2-3,6-7,9,16H2,1H3,(H,17,19)(H,18,20). The lowest BCUT2D eigenvalue weighted by Crippen LogP contribution is -2.20. The lowest BCUT2D eigenvalue weighted by Gasteiger charge is -2.18. The third kappa shape index (κ3) is 3.81. The topological polar surface area (TPSA) is 84.2 Å².